The van der Waals surface area contributed by atoms with E-state index in [1.165, 1.54) is 0 Å². The Balaban J connectivity index is 1.27. The fourth-order valence-corrected chi connectivity index (χ4v) is 4.31. The van der Waals surface area contributed by atoms with Gasteiger partial charge in [-0.15, -0.1) is 0 Å². The number of benzene rings is 1. The average Bonchev–Trinajstić information content (AvgIpc) is 3.24. The van der Waals surface area contributed by atoms with Gasteiger partial charge in [-0.2, -0.15) is 0 Å². The normalized spacial score (nSPS) is 16.1. The molecule has 1 unspecified atom stereocenters. The molecule has 3 aromatic heterocycles. The van der Waals surface area contributed by atoms with Crippen LogP contribution in [0.15, 0.2) is 67.0 Å². The Hall–Kier alpha value is -3.91. The maximum absolute atomic E-state index is 13.4. The van der Waals surface area contributed by atoms with Crippen molar-refractivity contribution < 1.29 is 19.0 Å². The number of pyridine rings is 2. The number of carbonyl (C=O) groups excluding carboxylic acids is 1. The summed E-state index contributed by atoms with van der Waals surface area (Å²) in [6.07, 6.45) is 4.35. The molecule has 8 nitrogen and oxygen atoms in total. The lowest BCUT2D eigenvalue weighted by Gasteiger charge is -2.24. The van der Waals surface area contributed by atoms with Crippen molar-refractivity contribution in [2.45, 2.75) is 13.0 Å². The summed E-state index contributed by atoms with van der Waals surface area (Å²) in [6, 6.07) is 17.1. The van der Waals surface area contributed by atoms with Crippen LogP contribution in [0.2, 0.25) is 0 Å². The zero-order valence-corrected chi connectivity index (χ0v) is 19.6. The third-order valence-corrected chi connectivity index (χ3v) is 6.10. The summed E-state index contributed by atoms with van der Waals surface area (Å²) in [7, 11) is 1.57. The fraction of sp³-hybridized carbons (Fsp3) is 0.296. The molecule has 1 fully saturated rings. The minimum Gasteiger partial charge on any atom is -0.493 e. The molecule has 180 valence electrons. The standard InChI is InChI=1S/C27H28N4O4/c1-33-25-15-21(6-8-24(25)35-18-23-4-2-3-10-28-23)27(32)31-12-13-34-17-19(16-31)14-22-7-5-20-9-11-29-26(20)30-22/h2-11,15,19H,12-14,16-18H2,1H3,(H,29,30). The van der Waals surface area contributed by atoms with Crippen LogP contribution in [0.5, 0.6) is 11.5 Å². The number of aromatic amines is 1. The fourth-order valence-electron chi connectivity index (χ4n) is 4.31. The minimum absolute atomic E-state index is 0.0529. The van der Waals surface area contributed by atoms with Gasteiger partial charge in [0.1, 0.15) is 12.3 Å². The van der Waals surface area contributed by atoms with Gasteiger partial charge in [-0.25, -0.2) is 4.98 Å². The van der Waals surface area contributed by atoms with Crippen LogP contribution >= 0.6 is 0 Å². The number of hydrogen-bond donors (Lipinski definition) is 1. The number of aromatic nitrogens is 3. The molecule has 1 atom stereocenters. The number of nitrogens with zero attached hydrogens (tertiary/aromatic N) is 3. The number of rotatable bonds is 7. The Morgan fingerprint density at radius 3 is 2.94 bits per heavy atom. The van der Waals surface area contributed by atoms with Gasteiger partial charge in [-0.05, 0) is 55.0 Å². The van der Waals surface area contributed by atoms with Gasteiger partial charge < -0.3 is 24.1 Å². The summed E-state index contributed by atoms with van der Waals surface area (Å²) in [5.41, 5.74) is 3.23. The number of ether oxygens (including phenoxy) is 3. The molecule has 5 rings (SSSR count). The largest absolute Gasteiger partial charge is 0.493 e. The molecule has 35 heavy (non-hydrogen) atoms. The van der Waals surface area contributed by atoms with Crippen molar-refractivity contribution in [1.82, 2.24) is 19.9 Å². The molecule has 0 aliphatic carbocycles. The van der Waals surface area contributed by atoms with E-state index in [2.05, 4.69) is 16.0 Å². The summed E-state index contributed by atoms with van der Waals surface area (Å²) in [6.45, 7) is 2.56. The third kappa shape index (κ3) is 5.44. The SMILES string of the molecule is COc1cc(C(=O)N2CCOCC(Cc3ccc4cc[nH]c4n3)C2)ccc1OCc1ccccn1. The van der Waals surface area contributed by atoms with Crippen molar-refractivity contribution >= 4 is 16.9 Å². The van der Waals surface area contributed by atoms with Crippen molar-refractivity contribution in [3.8, 4) is 11.5 Å². The van der Waals surface area contributed by atoms with Crippen LogP contribution in [0.4, 0.5) is 0 Å². The van der Waals surface area contributed by atoms with Crippen molar-refractivity contribution in [1.29, 1.82) is 0 Å². The van der Waals surface area contributed by atoms with E-state index in [1.807, 2.05) is 41.4 Å². The molecule has 4 heterocycles. The highest BCUT2D eigenvalue weighted by molar-refractivity contribution is 5.95. The lowest BCUT2D eigenvalue weighted by molar-refractivity contribution is 0.0737. The maximum Gasteiger partial charge on any atom is 0.254 e. The van der Waals surface area contributed by atoms with Gasteiger partial charge in [-0.3, -0.25) is 9.78 Å². The van der Waals surface area contributed by atoms with E-state index in [0.29, 0.717) is 50.0 Å². The number of carbonyl (C=O) groups is 1. The van der Waals surface area contributed by atoms with E-state index in [9.17, 15) is 4.79 Å². The highest BCUT2D eigenvalue weighted by Crippen LogP contribution is 2.29. The molecular formula is C27H28N4O4. The van der Waals surface area contributed by atoms with Crippen LogP contribution in [0.25, 0.3) is 11.0 Å². The van der Waals surface area contributed by atoms with Crippen LogP contribution in [-0.2, 0) is 17.8 Å². The predicted molar refractivity (Wildman–Crippen MR) is 132 cm³/mol. The van der Waals surface area contributed by atoms with Gasteiger partial charge in [0.05, 0.1) is 26.0 Å². The Morgan fingerprint density at radius 2 is 2.09 bits per heavy atom. The molecule has 1 aliphatic heterocycles. The van der Waals surface area contributed by atoms with E-state index < -0.39 is 0 Å². The minimum atomic E-state index is -0.0529. The topological polar surface area (TPSA) is 89.6 Å². The molecule has 1 amide bonds. The van der Waals surface area contributed by atoms with Crippen molar-refractivity contribution in [2.24, 2.45) is 5.92 Å². The Bertz CT molecular complexity index is 1290. The zero-order valence-electron chi connectivity index (χ0n) is 19.6. The molecule has 0 spiro atoms. The van der Waals surface area contributed by atoms with Crippen molar-refractivity contribution in [3.63, 3.8) is 0 Å². The van der Waals surface area contributed by atoms with Crippen LogP contribution in [0, 0.1) is 5.92 Å². The molecule has 0 radical (unpaired) electrons. The number of nitrogens with one attached hydrogen (secondary N) is 1. The summed E-state index contributed by atoms with van der Waals surface area (Å²) in [4.78, 5) is 27.4. The first kappa shape index (κ1) is 22.9. The van der Waals surface area contributed by atoms with Crippen LogP contribution in [0.3, 0.4) is 0 Å². The van der Waals surface area contributed by atoms with Crippen molar-refractivity contribution in [2.75, 3.05) is 33.4 Å². The molecule has 8 heteroatoms. The second-order valence-electron chi connectivity index (χ2n) is 8.59. The Labute approximate surface area is 203 Å². The smallest absolute Gasteiger partial charge is 0.254 e. The molecule has 0 saturated carbocycles. The number of fused-ring (bicyclic) bond motifs is 1. The second kappa shape index (κ2) is 10.6. The first-order valence-corrected chi connectivity index (χ1v) is 11.7. The van der Waals surface area contributed by atoms with E-state index in [4.69, 9.17) is 19.2 Å². The van der Waals surface area contributed by atoms with Gasteiger partial charge in [0, 0.05) is 48.0 Å². The summed E-state index contributed by atoms with van der Waals surface area (Å²) in [5, 5.41) is 1.09. The molecule has 1 saturated heterocycles. The Kier molecular flexibility index (Phi) is 6.90. The van der Waals surface area contributed by atoms with Gasteiger partial charge in [-0.1, -0.05) is 6.07 Å². The van der Waals surface area contributed by atoms with E-state index in [0.717, 1.165) is 28.8 Å². The first-order chi connectivity index (χ1) is 17.2. The average molecular weight is 473 g/mol. The summed E-state index contributed by atoms with van der Waals surface area (Å²) in [5.74, 6) is 1.18. The van der Waals surface area contributed by atoms with Crippen LogP contribution in [-0.4, -0.2) is 59.2 Å². The summed E-state index contributed by atoms with van der Waals surface area (Å²) < 4.78 is 17.2. The molecule has 1 aliphatic rings. The number of hydrogen-bond acceptors (Lipinski definition) is 6. The monoisotopic (exact) mass is 472 g/mol. The maximum atomic E-state index is 13.4. The highest BCUT2D eigenvalue weighted by Gasteiger charge is 2.25. The number of amides is 1. The van der Waals surface area contributed by atoms with Gasteiger partial charge in [0.15, 0.2) is 11.5 Å². The van der Waals surface area contributed by atoms with Crippen LogP contribution < -0.4 is 9.47 Å². The Morgan fingerprint density at radius 1 is 1.14 bits per heavy atom. The summed E-state index contributed by atoms with van der Waals surface area (Å²) >= 11 is 0. The molecule has 0 bridgehead atoms. The lowest BCUT2D eigenvalue weighted by Crippen LogP contribution is -2.36. The molecule has 1 N–H and O–H groups in total. The number of H-pyrrole nitrogens is 1. The predicted octanol–water partition coefficient (Wildman–Crippen LogP) is 3.88. The molecule has 1 aromatic carbocycles. The number of methoxy groups -OCH3 is 1. The molecule has 4 aromatic rings. The quantitative estimate of drug-likeness (QED) is 0.439. The lowest BCUT2D eigenvalue weighted by atomic mass is 10.0. The van der Waals surface area contributed by atoms with Gasteiger partial charge in [0.2, 0.25) is 0 Å². The van der Waals surface area contributed by atoms with E-state index >= 15 is 0 Å². The highest BCUT2D eigenvalue weighted by atomic mass is 16.5. The van der Waals surface area contributed by atoms with Crippen LogP contribution in [0.1, 0.15) is 21.7 Å². The van der Waals surface area contributed by atoms with E-state index in [1.54, 1.807) is 31.5 Å². The molecular weight excluding hydrogens is 444 g/mol. The zero-order chi connectivity index (χ0) is 24.0. The third-order valence-electron chi connectivity index (χ3n) is 6.10. The van der Waals surface area contributed by atoms with Gasteiger partial charge >= 0.3 is 0 Å². The second-order valence-corrected chi connectivity index (χ2v) is 8.59. The first-order valence-electron chi connectivity index (χ1n) is 11.7. The van der Waals surface area contributed by atoms with Gasteiger partial charge in [0.25, 0.3) is 5.91 Å². The van der Waals surface area contributed by atoms with Crippen molar-refractivity contribution in [3.05, 3.63) is 83.9 Å². The van der Waals surface area contributed by atoms with E-state index in [-0.39, 0.29) is 11.8 Å².